The Labute approximate surface area is 417 Å². The van der Waals surface area contributed by atoms with Gasteiger partial charge in [0.05, 0.1) is 69.5 Å². The van der Waals surface area contributed by atoms with Crippen molar-refractivity contribution in [2.45, 2.75) is 105 Å². The maximum Gasteiger partial charge on any atom is 0.328 e. The second-order valence-corrected chi connectivity index (χ2v) is 21.0. The largest absolute Gasteiger partial charge is 0.492 e. The normalized spacial score (nSPS) is 13.8. The lowest BCUT2D eigenvalue weighted by Gasteiger charge is -2.20. The molecule has 2 aliphatic rings. The summed E-state index contributed by atoms with van der Waals surface area (Å²) in [6.45, 7) is 12.1. The van der Waals surface area contributed by atoms with Gasteiger partial charge in [0.1, 0.15) is 41.9 Å². The molecule has 8 aromatic rings. The number of hydrogen-bond donors (Lipinski definition) is 0. The number of carbonyl (C=O) groups is 2. The second kappa shape index (κ2) is 19.8. The Bertz CT molecular complexity index is 3510. The minimum atomic E-state index is -0.668. The van der Waals surface area contributed by atoms with E-state index in [0.717, 1.165) is 43.2 Å². The molecule has 0 unspecified atom stereocenters. The van der Waals surface area contributed by atoms with Crippen LogP contribution in [0.2, 0.25) is 0 Å². The van der Waals surface area contributed by atoms with Gasteiger partial charge in [0.15, 0.2) is 0 Å². The van der Waals surface area contributed by atoms with Gasteiger partial charge in [-0.15, -0.1) is 0 Å². The first kappa shape index (κ1) is 48.6. The molecule has 0 bridgehead atoms. The van der Waals surface area contributed by atoms with E-state index in [0.29, 0.717) is 69.4 Å². The van der Waals surface area contributed by atoms with Crippen molar-refractivity contribution in [2.24, 2.45) is 11.8 Å². The molecule has 0 radical (unpaired) electrons. The van der Waals surface area contributed by atoms with Gasteiger partial charge in [-0.2, -0.15) is 25.7 Å². The van der Waals surface area contributed by atoms with Crippen LogP contribution < -0.4 is 20.6 Å². The first-order chi connectivity index (χ1) is 33.9. The molecule has 2 fully saturated rings. The lowest BCUT2D eigenvalue weighted by atomic mass is 10.1. The number of aromatic nitrogens is 8. The van der Waals surface area contributed by atoms with E-state index in [1.54, 1.807) is 81.2 Å². The van der Waals surface area contributed by atoms with E-state index >= 15 is 0 Å². The van der Waals surface area contributed by atoms with Gasteiger partial charge in [0.25, 0.3) is 11.1 Å². The summed E-state index contributed by atoms with van der Waals surface area (Å²) >= 11 is 3.59. The Hall–Kier alpha value is -7.39. The van der Waals surface area contributed by atoms with Crippen LogP contribution in [0.5, 0.6) is 11.5 Å². The number of rotatable bonds is 14. The molecule has 17 nitrogen and oxygen atoms in total. The Balaban J connectivity index is 0.000000176. The maximum atomic E-state index is 13.0. The molecule has 4 heterocycles. The molecule has 366 valence electrons. The van der Waals surface area contributed by atoms with Gasteiger partial charge in [0, 0.05) is 33.9 Å². The van der Waals surface area contributed by atoms with Crippen LogP contribution in [0, 0.1) is 23.2 Å². The van der Waals surface area contributed by atoms with Crippen molar-refractivity contribution in [3.63, 3.8) is 0 Å². The van der Waals surface area contributed by atoms with Crippen LogP contribution in [0.25, 0.3) is 43.4 Å². The summed E-state index contributed by atoms with van der Waals surface area (Å²) in [7, 11) is 0. The van der Waals surface area contributed by atoms with Crippen molar-refractivity contribution >= 4 is 71.2 Å². The predicted octanol–water partition coefficient (Wildman–Crippen LogP) is 8.48. The Morgan fingerprint density at radius 2 is 1.06 bits per heavy atom. The Morgan fingerprint density at radius 3 is 1.49 bits per heavy atom. The molecular weight excluding hydrogens is 971 g/mol. The lowest BCUT2D eigenvalue weighted by molar-refractivity contribution is -0.157. The summed E-state index contributed by atoms with van der Waals surface area (Å²) < 4.78 is 29.3. The van der Waals surface area contributed by atoms with Crippen molar-refractivity contribution in [1.29, 1.82) is 5.26 Å². The first-order valence-electron chi connectivity index (χ1n) is 23.6. The molecule has 0 atom stereocenters. The minimum Gasteiger partial charge on any atom is -0.492 e. The van der Waals surface area contributed by atoms with Crippen LogP contribution in [0.4, 0.5) is 0 Å². The summed E-state index contributed by atoms with van der Waals surface area (Å²) in [5.41, 5.74) is 1.16. The van der Waals surface area contributed by atoms with Gasteiger partial charge in [-0.05, 0) is 131 Å². The van der Waals surface area contributed by atoms with Crippen molar-refractivity contribution in [3.05, 3.63) is 127 Å². The Kier molecular flexibility index (Phi) is 13.5. The number of ether oxygens (including phenoxy) is 4. The van der Waals surface area contributed by atoms with Crippen molar-refractivity contribution in [3.8, 4) is 17.6 Å². The predicted molar refractivity (Wildman–Crippen MR) is 270 cm³/mol. The number of benzene rings is 4. The van der Waals surface area contributed by atoms with E-state index in [1.807, 2.05) is 54.9 Å². The molecule has 71 heavy (non-hydrogen) atoms. The third-order valence-electron chi connectivity index (χ3n) is 11.6. The van der Waals surface area contributed by atoms with Crippen LogP contribution in [-0.4, -0.2) is 75.5 Å². The summed E-state index contributed by atoms with van der Waals surface area (Å²) in [6, 6.07) is 24.1. The highest BCUT2D eigenvalue weighted by atomic mass is 79.9. The molecule has 10 rings (SSSR count). The summed E-state index contributed by atoms with van der Waals surface area (Å²) in [6.07, 6.45) is 8.59. The molecule has 2 saturated carbocycles. The molecule has 2 aliphatic carbocycles. The number of fused-ring (bicyclic) bond motifs is 4. The van der Waals surface area contributed by atoms with Gasteiger partial charge >= 0.3 is 11.9 Å². The van der Waals surface area contributed by atoms with E-state index in [2.05, 4.69) is 37.3 Å². The smallest absolute Gasteiger partial charge is 0.328 e. The standard InChI is InChI=1S/C27H27N5O4.C26H27BrN4O4/c1-27(2,3)36-25(33)15-32-26(34)21-7-5-4-6-20(21)23(30-32)14-31-13-19-11-24(35-16-17-8-9-17)18(12-28)10-22(19)29-31;1-26(2,3)35-24(32)14-31-25(33)19-7-5-4-6-18(19)22(29-31)13-30-12-17-10-23(34-15-16-8-9-16)20(27)11-21(17)28-30/h4-7,10-11,13,17H,8-9,14-16H2,1-3H3;4-7,10-12,16H,8-9,13-15H2,1-3H3. The van der Waals surface area contributed by atoms with Crippen LogP contribution in [0.1, 0.15) is 84.2 Å². The third kappa shape index (κ3) is 12.0. The average Bonchev–Trinajstić information content (AvgIpc) is 4.25. The second-order valence-electron chi connectivity index (χ2n) is 20.1. The summed E-state index contributed by atoms with van der Waals surface area (Å²) in [4.78, 5) is 50.9. The van der Waals surface area contributed by atoms with E-state index in [9.17, 15) is 24.4 Å². The van der Waals surface area contributed by atoms with Crippen molar-refractivity contribution in [2.75, 3.05) is 13.2 Å². The highest BCUT2D eigenvalue weighted by molar-refractivity contribution is 9.10. The average molecular weight is 1020 g/mol. The van der Waals surface area contributed by atoms with Gasteiger partial charge in [0.2, 0.25) is 0 Å². The number of nitriles is 1. The SMILES string of the molecule is CC(C)(C)OC(=O)Cn1nc(Cn2cc3cc(OCC4CC4)c(Br)cc3n2)c2ccccc2c1=O.CC(C)(C)OC(=O)Cn1nc(Cn2cc3cc(OCC4CC4)c(C#N)cc3n2)c2ccccc2c1=O. The highest BCUT2D eigenvalue weighted by Gasteiger charge is 2.25. The zero-order chi connectivity index (χ0) is 50.2. The summed E-state index contributed by atoms with van der Waals surface area (Å²) in [5, 5.41) is 32.1. The molecule has 0 N–H and O–H groups in total. The molecule has 4 aromatic heterocycles. The topological polar surface area (TPSA) is 200 Å². The van der Waals surface area contributed by atoms with Crippen LogP contribution in [0.15, 0.2) is 99.3 Å². The van der Waals surface area contributed by atoms with Gasteiger partial charge in [-0.3, -0.25) is 28.5 Å². The molecule has 0 aliphatic heterocycles. The molecule has 0 spiro atoms. The highest BCUT2D eigenvalue weighted by Crippen LogP contribution is 2.35. The lowest BCUT2D eigenvalue weighted by Crippen LogP contribution is -2.32. The van der Waals surface area contributed by atoms with E-state index in [4.69, 9.17) is 24.0 Å². The molecular formula is C53H54BrN9O8. The maximum absolute atomic E-state index is 13.0. The first-order valence-corrected chi connectivity index (χ1v) is 24.4. The van der Waals surface area contributed by atoms with Crippen LogP contribution >= 0.6 is 15.9 Å². The fourth-order valence-corrected chi connectivity index (χ4v) is 8.45. The number of esters is 2. The quantitative estimate of drug-likeness (QED) is 0.0940. The van der Waals surface area contributed by atoms with Crippen molar-refractivity contribution in [1.82, 2.24) is 39.1 Å². The third-order valence-corrected chi connectivity index (χ3v) is 12.3. The number of hydrogen-bond acceptors (Lipinski definition) is 13. The zero-order valence-electron chi connectivity index (χ0n) is 40.5. The molecule has 18 heteroatoms. The van der Waals surface area contributed by atoms with Crippen molar-refractivity contribution < 1.29 is 28.5 Å². The van der Waals surface area contributed by atoms with E-state index < -0.39 is 23.1 Å². The monoisotopic (exact) mass is 1020 g/mol. The fourth-order valence-electron chi connectivity index (χ4n) is 8.00. The number of nitrogens with zero attached hydrogens (tertiary/aromatic N) is 9. The number of carbonyl (C=O) groups excluding carboxylic acids is 2. The van der Waals surface area contributed by atoms with Crippen LogP contribution in [0.3, 0.4) is 0 Å². The van der Waals surface area contributed by atoms with E-state index in [-0.39, 0.29) is 30.8 Å². The van der Waals surface area contributed by atoms with Gasteiger partial charge in [-0.1, -0.05) is 36.4 Å². The molecule has 4 aromatic carbocycles. The summed E-state index contributed by atoms with van der Waals surface area (Å²) in [5.74, 6) is 1.55. The molecule has 0 amide bonds. The molecule has 0 saturated heterocycles. The number of halogens is 1. The zero-order valence-corrected chi connectivity index (χ0v) is 42.1. The van der Waals surface area contributed by atoms with E-state index in [1.165, 1.54) is 30.4 Å². The minimum absolute atomic E-state index is 0.260. The van der Waals surface area contributed by atoms with Gasteiger partial charge in [-0.25, -0.2) is 9.36 Å². The Morgan fingerprint density at radius 1 is 0.634 bits per heavy atom. The van der Waals surface area contributed by atoms with Gasteiger partial charge < -0.3 is 18.9 Å². The van der Waals surface area contributed by atoms with Crippen LogP contribution in [-0.2, 0) is 45.2 Å². The fraction of sp³-hybridized carbons (Fsp3) is 0.377.